The molecule has 0 unspecified atom stereocenters. The quantitative estimate of drug-likeness (QED) is 0.899. The summed E-state index contributed by atoms with van der Waals surface area (Å²) in [5.41, 5.74) is 0.640. The van der Waals surface area contributed by atoms with Crippen LogP contribution in [0.1, 0.15) is 43.7 Å². The summed E-state index contributed by atoms with van der Waals surface area (Å²) in [6.45, 7) is 0.858. The Morgan fingerprint density at radius 1 is 1.10 bits per heavy atom. The summed E-state index contributed by atoms with van der Waals surface area (Å²) in [6, 6.07) is 6.17. The van der Waals surface area contributed by atoms with E-state index in [0.29, 0.717) is 0 Å². The van der Waals surface area contributed by atoms with Crippen LogP contribution in [0.25, 0.3) is 0 Å². The van der Waals surface area contributed by atoms with Gasteiger partial charge in [-0.3, -0.25) is 0 Å². The number of hydrogen-bond donors (Lipinski definition) is 2. The minimum Gasteiger partial charge on any atom is -0.497 e. The molecule has 3 rings (SSSR count). The first-order valence-corrected chi connectivity index (χ1v) is 7.85. The van der Waals surface area contributed by atoms with Crippen LogP contribution in [0, 0.1) is 5.92 Å². The standard InChI is InChI=1S/C17H25NO3/c1-20-13-9-12(10-14(11-13)21-2)16-15-5-3-4-6-17(15,19)7-8-18-16/h9-11,15-16,18-19H,3-8H2,1-2H3/t15-,16-,17+/m0/s1. The van der Waals surface area contributed by atoms with E-state index in [1.165, 1.54) is 6.42 Å². The topological polar surface area (TPSA) is 50.7 Å². The van der Waals surface area contributed by atoms with Crippen LogP contribution in [-0.4, -0.2) is 31.5 Å². The predicted molar refractivity (Wildman–Crippen MR) is 81.8 cm³/mol. The van der Waals surface area contributed by atoms with Gasteiger partial charge in [0.2, 0.25) is 0 Å². The Bertz CT molecular complexity index is 479. The third kappa shape index (κ3) is 2.74. The van der Waals surface area contributed by atoms with Gasteiger partial charge in [0.1, 0.15) is 11.5 Å². The maximum absolute atomic E-state index is 11.0. The van der Waals surface area contributed by atoms with E-state index < -0.39 is 5.60 Å². The Kier molecular flexibility index (Phi) is 4.09. The van der Waals surface area contributed by atoms with Crippen molar-refractivity contribution < 1.29 is 14.6 Å². The first-order valence-electron chi connectivity index (χ1n) is 7.85. The minimum atomic E-state index is -0.509. The molecule has 1 saturated carbocycles. The Balaban J connectivity index is 1.94. The van der Waals surface area contributed by atoms with E-state index in [0.717, 1.165) is 49.3 Å². The highest BCUT2D eigenvalue weighted by Crippen LogP contribution is 2.46. The fourth-order valence-electron chi connectivity index (χ4n) is 3.98. The first-order chi connectivity index (χ1) is 10.2. The molecule has 1 aromatic rings. The molecule has 1 aliphatic carbocycles. The Morgan fingerprint density at radius 3 is 2.48 bits per heavy atom. The molecular formula is C17H25NO3. The number of fused-ring (bicyclic) bond motifs is 1. The van der Waals surface area contributed by atoms with Crippen molar-refractivity contribution >= 4 is 0 Å². The molecule has 1 saturated heterocycles. The number of methoxy groups -OCH3 is 2. The fourth-order valence-corrected chi connectivity index (χ4v) is 3.98. The second kappa shape index (κ2) is 5.85. The maximum atomic E-state index is 11.0. The molecule has 3 atom stereocenters. The molecule has 1 heterocycles. The molecule has 2 aliphatic rings. The van der Waals surface area contributed by atoms with Crippen LogP contribution in [0.2, 0.25) is 0 Å². The van der Waals surface area contributed by atoms with Gasteiger partial charge >= 0.3 is 0 Å². The van der Waals surface area contributed by atoms with Gasteiger partial charge in [-0.2, -0.15) is 0 Å². The van der Waals surface area contributed by atoms with E-state index in [9.17, 15) is 5.11 Å². The van der Waals surface area contributed by atoms with Gasteiger partial charge in [-0.05, 0) is 43.5 Å². The van der Waals surface area contributed by atoms with Crippen molar-refractivity contribution in [2.45, 2.75) is 43.7 Å². The lowest BCUT2D eigenvalue weighted by atomic mass is 9.67. The van der Waals surface area contributed by atoms with Gasteiger partial charge in [0, 0.05) is 18.0 Å². The van der Waals surface area contributed by atoms with Crippen molar-refractivity contribution in [3.05, 3.63) is 23.8 Å². The third-order valence-corrected chi connectivity index (χ3v) is 5.12. The molecule has 21 heavy (non-hydrogen) atoms. The van der Waals surface area contributed by atoms with Crippen molar-refractivity contribution in [1.82, 2.24) is 5.32 Å². The third-order valence-electron chi connectivity index (χ3n) is 5.12. The van der Waals surface area contributed by atoms with E-state index >= 15 is 0 Å². The molecule has 0 amide bonds. The van der Waals surface area contributed by atoms with Crippen molar-refractivity contribution in [1.29, 1.82) is 0 Å². The minimum absolute atomic E-state index is 0.174. The summed E-state index contributed by atoms with van der Waals surface area (Å²) in [4.78, 5) is 0. The lowest BCUT2D eigenvalue weighted by molar-refractivity contribution is -0.0861. The zero-order chi connectivity index (χ0) is 14.9. The van der Waals surface area contributed by atoms with Crippen LogP contribution in [-0.2, 0) is 0 Å². The van der Waals surface area contributed by atoms with E-state index in [1.807, 2.05) is 6.07 Å². The van der Waals surface area contributed by atoms with E-state index in [4.69, 9.17) is 9.47 Å². The largest absolute Gasteiger partial charge is 0.497 e. The smallest absolute Gasteiger partial charge is 0.122 e. The van der Waals surface area contributed by atoms with Crippen LogP contribution < -0.4 is 14.8 Å². The van der Waals surface area contributed by atoms with Crippen molar-refractivity contribution in [3.63, 3.8) is 0 Å². The van der Waals surface area contributed by atoms with E-state index in [1.54, 1.807) is 14.2 Å². The van der Waals surface area contributed by atoms with Crippen LogP contribution in [0.4, 0.5) is 0 Å². The number of ether oxygens (including phenoxy) is 2. The zero-order valence-corrected chi connectivity index (χ0v) is 12.9. The van der Waals surface area contributed by atoms with Crippen molar-refractivity contribution in [3.8, 4) is 11.5 Å². The summed E-state index contributed by atoms with van der Waals surface area (Å²) in [7, 11) is 3.34. The van der Waals surface area contributed by atoms with Gasteiger partial charge in [0.05, 0.1) is 19.8 Å². The molecule has 0 aromatic heterocycles. The molecule has 0 radical (unpaired) electrons. The number of piperidine rings is 1. The highest BCUT2D eigenvalue weighted by atomic mass is 16.5. The number of benzene rings is 1. The lowest BCUT2D eigenvalue weighted by Gasteiger charge is -2.48. The zero-order valence-electron chi connectivity index (χ0n) is 12.9. The molecule has 116 valence electrons. The Labute approximate surface area is 126 Å². The van der Waals surface area contributed by atoms with Crippen molar-refractivity contribution in [2.75, 3.05) is 20.8 Å². The monoisotopic (exact) mass is 291 g/mol. The van der Waals surface area contributed by atoms with Gasteiger partial charge in [0.15, 0.2) is 0 Å². The summed E-state index contributed by atoms with van der Waals surface area (Å²) in [6.07, 6.45) is 5.20. The second-order valence-corrected chi connectivity index (χ2v) is 6.28. The summed E-state index contributed by atoms with van der Waals surface area (Å²) >= 11 is 0. The molecule has 1 aromatic carbocycles. The van der Waals surface area contributed by atoms with Gasteiger partial charge in [-0.15, -0.1) is 0 Å². The maximum Gasteiger partial charge on any atom is 0.122 e. The Morgan fingerprint density at radius 2 is 1.81 bits per heavy atom. The second-order valence-electron chi connectivity index (χ2n) is 6.28. The van der Waals surface area contributed by atoms with Crippen LogP contribution in [0.5, 0.6) is 11.5 Å². The Hall–Kier alpha value is -1.26. The number of aliphatic hydroxyl groups is 1. The summed E-state index contributed by atoms with van der Waals surface area (Å²) in [5.74, 6) is 1.88. The fraction of sp³-hybridized carbons (Fsp3) is 0.647. The molecule has 4 heteroatoms. The molecule has 0 bridgehead atoms. The predicted octanol–water partition coefficient (Wildman–Crippen LogP) is 2.66. The van der Waals surface area contributed by atoms with Gasteiger partial charge < -0.3 is 19.9 Å². The number of rotatable bonds is 3. The molecule has 2 fully saturated rings. The summed E-state index contributed by atoms with van der Waals surface area (Å²) < 4.78 is 10.8. The number of hydrogen-bond acceptors (Lipinski definition) is 4. The van der Waals surface area contributed by atoms with E-state index in [-0.39, 0.29) is 12.0 Å². The molecule has 0 spiro atoms. The summed E-state index contributed by atoms with van der Waals surface area (Å²) in [5, 5.41) is 14.6. The highest BCUT2D eigenvalue weighted by Gasteiger charge is 2.45. The molecule has 2 N–H and O–H groups in total. The van der Waals surface area contributed by atoms with E-state index in [2.05, 4.69) is 17.4 Å². The van der Waals surface area contributed by atoms with Gasteiger partial charge in [-0.25, -0.2) is 0 Å². The van der Waals surface area contributed by atoms with Crippen LogP contribution >= 0.6 is 0 Å². The van der Waals surface area contributed by atoms with Crippen LogP contribution in [0.15, 0.2) is 18.2 Å². The SMILES string of the molecule is COc1cc(OC)cc([C@@H]2NCC[C@]3(O)CCCC[C@@H]23)c1. The molecule has 4 nitrogen and oxygen atoms in total. The normalized spacial score (nSPS) is 32.3. The lowest BCUT2D eigenvalue weighted by Crippen LogP contribution is -2.53. The number of nitrogens with one attached hydrogen (secondary N) is 1. The highest BCUT2D eigenvalue weighted by molar-refractivity contribution is 5.40. The van der Waals surface area contributed by atoms with Crippen molar-refractivity contribution in [2.24, 2.45) is 5.92 Å². The molecule has 1 aliphatic heterocycles. The first kappa shape index (κ1) is 14.7. The van der Waals surface area contributed by atoms with Crippen LogP contribution in [0.3, 0.4) is 0 Å². The molecular weight excluding hydrogens is 266 g/mol. The average molecular weight is 291 g/mol. The average Bonchev–Trinajstić information content (AvgIpc) is 2.53. The van der Waals surface area contributed by atoms with Gasteiger partial charge in [0.25, 0.3) is 0 Å². The van der Waals surface area contributed by atoms with Gasteiger partial charge in [-0.1, -0.05) is 12.8 Å².